The molecule has 0 aliphatic carbocycles. The summed E-state index contributed by atoms with van der Waals surface area (Å²) in [6, 6.07) is 12.5. The topological polar surface area (TPSA) is 56.0 Å². The van der Waals surface area contributed by atoms with Crippen LogP contribution in [0.1, 0.15) is 22.8 Å². The van der Waals surface area contributed by atoms with Crippen LogP contribution in [0.4, 0.5) is 8.78 Å². The van der Waals surface area contributed by atoms with Gasteiger partial charge in [0.1, 0.15) is 0 Å². The molecular weight excluding hydrogens is 274 g/mol. The molecule has 1 unspecified atom stereocenters. The number of benzene rings is 2. The van der Waals surface area contributed by atoms with Crippen molar-refractivity contribution in [2.75, 3.05) is 6.54 Å². The molecule has 0 bridgehead atoms. The molecule has 0 fully saturated rings. The van der Waals surface area contributed by atoms with Gasteiger partial charge < -0.3 is 10.4 Å². The van der Waals surface area contributed by atoms with Gasteiger partial charge in [0.05, 0.1) is 17.7 Å². The maximum Gasteiger partial charge on any atom is 0.159 e. The Balaban J connectivity index is 1.90. The third kappa shape index (κ3) is 4.09. The Bertz CT molecular complexity index is 668. The Hall–Kier alpha value is -2.29. The number of nitrogens with one attached hydrogen (secondary N) is 1. The van der Waals surface area contributed by atoms with E-state index in [4.69, 9.17) is 5.26 Å². The molecule has 0 radical (unpaired) electrons. The lowest BCUT2D eigenvalue weighted by molar-refractivity contribution is 0.173. The van der Waals surface area contributed by atoms with Gasteiger partial charge in [0.15, 0.2) is 11.6 Å². The van der Waals surface area contributed by atoms with Gasteiger partial charge in [-0.15, -0.1) is 0 Å². The second-order valence-corrected chi connectivity index (χ2v) is 4.63. The van der Waals surface area contributed by atoms with E-state index in [-0.39, 0.29) is 6.54 Å². The van der Waals surface area contributed by atoms with Gasteiger partial charge in [-0.05, 0) is 35.4 Å². The highest BCUT2D eigenvalue weighted by atomic mass is 19.2. The highest BCUT2D eigenvalue weighted by Crippen LogP contribution is 2.15. The van der Waals surface area contributed by atoms with Crippen LogP contribution in [0.25, 0.3) is 0 Å². The number of aliphatic hydroxyl groups is 1. The van der Waals surface area contributed by atoms with Crippen molar-refractivity contribution in [3.05, 3.63) is 70.8 Å². The molecule has 0 amide bonds. The van der Waals surface area contributed by atoms with E-state index in [1.165, 1.54) is 6.07 Å². The predicted molar refractivity (Wildman–Crippen MR) is 74.2 cm³/mol. The van der Waals surface area contributed by atoms with Crippen LogP contribution in [0.15, 0.2) is 42.5 Å². The number of nitriles is 1. The van der Waals surface area contributed by atoms with Crippen molar-refractivity contribution in [1.29, 1.82) is 5.26 Å². The third-order valence-electron chi connectivity index (χ3n) is 3.05. The Morgan fingerprint density at radius 2 is 1.95 bits per heavy atom. The summed E-state index contributed by atoms with van der Waals surface area (Å²) in [7, 11) is 0. The Kier molecular flexibility index (Phi) is 4.99. The molecule has 0 aromatic heterocycles. The van der Waals surface area contributed by atoms with Crippen LogP contribution in [0.3, 0.4) is 0 Å². The van der Waals surface area contributed by atoms with E-state index in [0.29, 0.717) is 17.7 Å². The van der Waals surface area contributed by atoms with E-state index in [1.807, 2.05) is 12.1 Å². The van der Waals surface area contributed by atoms with E-state index in [9.17, 15) is 13.9 Å². The number of halogens is 2. The maximum atomic E-state index is 13.1. The van der Waals surface area contributed by atoms with Crippen LogP contribution >= 0.6 is 0 Å². The van der Waals surface area contributed by atoms with E-state index < -0.39 is 17.7 Å². The zero-order valence-electron chi connectivity index (χ0n) is 11.2. The predicted octanol–water partition coefficient (Wildman–Crippen LogP) is 2.66. The lowest BCUT2D eigenvalue weighted by Crippen LogP contribution is -2.21. The maximum absolute atomic E-state index is 13.1. The Morgan fingerprint density at radius 3 is 2.67 bits per heavy atom. The average Bonchev–Trinajstić information content (AvgIpc) is 2.50. The summed E-state index contributed by atoms with van der Waals surface area (Å²) < 4.78 is 25.9. The summed E-state index contributed by atoms with van der Waals surface area (Å²) in [6.45, 7) is 0.665. The largest absolute Gasteiger partial charge is 0.387 e. The molecule has 3 nitrogen and oxygen atoms in total. The van der Waals surface area contributed by atoms with Crippen molar-refractivity contribution in [2.45, 2.75) is 12.6 Å². The van der Waals surface area contributed by atoms with Gasteiger partial charge in [0.2, 0.25) is 0 Å². The summed E-state index contributed by atoms with van der Waals surface area (Å²) in [5.41, 5.74) is 1.79. The normalized spacial score (nSPS) is 11.9. The van der Waals surface area contributed by atoms with E-state index >= 15 is 0 Å². The summed E-state index contributed by atoms with van der Waals surface area (Å²) >= 11 is 0. The first kappa shape index (κ1) is 15.1. The van der Waals surface area contributed by atoms with Gasteiger partial charge in [-0.3, -0.25) is 0 Å². The SMILES string of the molecule is N#Cc1cccc(CNCC(O)c2ccc(F)c(F)c2)c1. The number of hydrogen-bond acceptors (Lipinski definition) is 3. The minimum absolute atomic E-state index is 0.196. The Morgan fingerprint density at radius 1 is 1.14 bits per heavy atom. The van der Waals surface area contributed by atoms with Crippen LogP contribution in [0.5, 0.6) is 0 Å². The first-order chi connectivity index (χ1) is 10.1. The standard InChI is InChI=1S/C16H14F2N2O/c17-14-5-4-13(7-15(14)18)16(21)10-20-9-12-3-1-2-11(6-12)8-19/h1-7,16,20-21H,9-10H2. The van der Waals surface area contributed by atoms with Gasteiger partial charge >= 0.3 is 0 Å². The first-order valence-electron chi connectivity index (χ1n) is 6.43. The minimum atomic E-state index is -0.978. The van der Waals surface area contributed by atoms with Crippen molar-refractivity contribution in [2.24, 2.45) is 0 Å². The van der Waals surface area contributed by atoms with E-state index in [0.717, 1.165) is 17.7 Å². The molecule has 21 heavy (non-hydrogen) atoms. The van der Waals surface area contributed by atoms with Gasteiger partial charge in [-0.1, -0.05) is 18.2 Å². The second kappa shape index (κ2) is 6.93. The smallest absolute Gasteiger partial charge is 0.159 e. The number of nitrogens with zero attached hydrogens (tertiary/aromatic N) is 1. The average molecular weight is 288 g/mol. The third-order valence-corrected chi connectivity index (χ3v) is 3.05. The number of aliphatic hydroxyl groups excluding tert-OH is 1. The fourth-order valence-corrected chi connectivity index (χ4v) is 1.94. The van der Waals surface area contributed by atoms with Crippen LogP contribution < -0.4 is 5.32 Å². The molecule has 0 aliphatic rings. The molecule has 5 heteroatoms. The van der Waals surface area contributed by atoms with Crippen molar-refractivity contribution in [1.82, 2.24) is 5.32 Å². The van der Waals surface area contributed by atoms with Gasteiger partial charge in [0, 0.05) is 13.1 Å². The summed E-state index contributed by atoms with van der Waals surface area (Å²) in [4.78, 5) is 0. The molecule has 2 aromatic carbocycles. The Labute approximate surface area is 121 Å². The number of hydrogen-bond donors (Lipinski definition) is 2. The molecule has 0 saturated carbocycles. The molecule has 0 aliphatic heterocycles. The van der Waals surface area contributed by atoms with Crippen LogP contribution in [0.2, 0.25) is 0 Å². The minimum Gasteiger partial charge on any atom is -0.387 e. The highest BCUT2D eigenvalue weighted by Gasteiger charge is 2.10. The van der Waals surface area contributed by atoms with Crippen molar-refractivity contribution >= 4 is 0 Å². The van der Waals surface area contributed by atoms with Gasteiger partial charge in [-0.2, -0.15) is 5.26 Å². The lowest BCUT2D eigenvalue weighted by Gasteiger charge is -2.12. The molecule has 1 atom stereocenters. The zero-order valence-corrected chi connectivity index (χ0v) is 11.2. The van der Waals surface area contributed by atoms with Crippen LogP contribution in [0, 0.1) is 23.0 Å². The second-order valence-electron chi connectivity index (χ2n) is 4.63. The molecule has 2 N–H and O–H groups in total. The fraction of sp³-hybridized carbons (Fsp3) is 0.188. The quantitative estimate of drug-likeness (QED) is 0.889. The fourth-order valence-electron chi connectivity index (χ4n) is 1.94. The van der Waals surface area contributed by atoms with Crippen LogP contribution in [-0.2, 0) is 6.54 Å². The molecule has 2 rings (SSSR count). The molecule has 0 heterocycles. The number of rotatable bonds is 5. The van der Waals surface area contributed by atoms with E-state index in [1.54, 1.807) is 18.2 Å². The first-order valence-corrected chi connectivity index (χ1v) is 6.43. The summed E-state index contributed by atoms with van der Waals surface area (Å²) in [5, 5.41) is 21.7. The summed E-state index contributed by atoms with van der Waals surface area (Å²) in [5.74, 6) is -1.92. The molecule has 108 valence electrons. The van der Waals surface area contributed by atoms with Crippen molar-refractivity contribution < 1.29 is 13.9 Å². The lowest BCUT2D eigenvalue weighted by atomic mass is 10.1. The van der Waals surface area contributed by atoms with Crippen LogP contribution in [-0.4, -0.2) is 11.7 Å². The zero-order chi connectivity index (χ0) is 15.2. The highest BCUT2D eigenvalue weighted by molar-refractivity contribution is 5.32. The molecular formula is C16H14F2N2O. The monoisotopic (exact) mass is 288 g/mol. The summed E-state index contributed by atoms with van der Waals surface area (Å²) in [6.07, 6.45) is -0.931. The van der Waals surface area contributed by atoms with Crippen molar-refractivity contribution in [3.63, 3.8) is 0 Å². The molecule has 2 aromatic rings. The van der Waals surface area contributed by atoms with Crippen molar-refractivity contribution in [3.8, 4) is 6.07 Å². The van der Waals surface area contributed by atoms with Gasteiger partial charge in [0.25, 0.3) is 0 Å². The molecule has 0 spiro atoms. The van der Waals surface area contributed by atoms with E-state index in [2.05, 4.69) is 5.32 Å². The molecule has 0 saturated heterocycles. The van der Waals surface area contributed by atoms with Gasteiger partial charge in [-0.25, -0.2) is 8.78 Å².